The Bertz CT molecular complexity index is 869. The van der Waals surface area contributed by atoms with Crippen molar-refractivity contribution < 1.29 is 13.6 Å². The quantitative estimate of drug-likeness (QED) is 0.428. The van der Waals surface area contributed by atoms with Crippen LogP contribution in [0.3, 0.4) is 0 Å². The largest absolute Gasteiger partial charge is 0.698 e. The lowest BCUT2D eigenvalue weighted by Crippen LogP contribution is -1.88. The van der Waals surface area contributed by atoms with E-state index in [1.54, 1.807) is 0 Å². The van der Waals surface area contributed by atoms with Crippen molar-refractivity contribution >= 4 is 51.4 Å². The number of rotatable bonds is 6. The first-order valence-electron chi connectivity index (χ1n) is 7.20. The Balaban J connectivity index is 1.33. The third-order valence-corrected chi connectivity index (χ3v) is 5.96. The Kier molecular flexibility index (Phi) is 4.60. The fraction of sp³-hybridized carbons (Fsp3) is 0.125. The topological polar surface area (TPSA) is 61.3 Å². The van der Waals surface area contributed by atoms with Crippen molar-refractivity contribution in [2.24, 2.45) is 0 Å². The number of para-hydroxylation sites is 2. The molecule has 0 bridgehead atoms. The smallest absolute Gasteiger partial charge is 0.238 e. The molecule has 0 fully saturated rings. The van der Waals surface area contributed by atoms with Gasteiger partial charge in [0.05, 0.1) is 20.4 Å². The van der Waals surface area contributed by atoms with Crippen molar-refractivity contribution in [2.75, 3.05) is 0 Å². The van der Waals surface area contributed by atoms with Crippen LogP contribution in [0.5, 0.6) is 0 Å². The molecule has 8 heteroatoms. The van der Waals surface area contributed by atoms with Crippen molar-refractivity contribution in [3.8, 4) is 0 Å². The lowest BCUT2D eigenvalue weighted by Gasteiger charge is -1.88. The van der Waals surface area contributed by atoms with Crippen molar-refractivity contribution in [1.29, 1.82) is 0 Å². The maximum absolute atomic E-state index is 11.9. The van der Waals surface area contributed by atoms with Crippen LogP contribution in [-0.2, 0) is 26.8 Å². The second kappa shape index (κ2) is 7.01. The molecule has 5 nitrogen and oxygen atoms in total. The molecule has 0 N–H and O–H groups in total. The monoisotopic (exact) mass is 375 g/mol. The van der Waals surface area contributed by atoms with Gasteiger partial charge in [0.2, 0.25) is 0 Å². The van der Waals surface area contributed by atoms with Crippen molar-refractivity contribution in [3.05, 3.63) is 58.5 Å². The van der Waals surface area contributed by atoms with Gasteiger partial charge in [-0.05, 0) is 24.3 Å². The summed E-state index contributed by atoms with van der Waals surface area (Å²) in [4.78, 5) is 8.86. The van der Waals surface area contributed by atoms with Crippen LogP contribution in [0.15, 0.2) is 48.5 Å². The number of nitrogens with zero attached hydrogens (tertiary/aromatic N) is 2. The molecule has 0 radical (unpaired) electrons. The van der Waals surface area contributed by atoms with Gasteiger partial charge in [-0.25, -0.2) is 9.97 Å². The number of thiazole rings is 2. The zero-order valence-electron chi connectivity index (χ0n) is 12.4. The molecule has 0 amide bonds. The summed E-state index contributed by atoms with van der Waals surface area (Å²) in [5.74, 6) is 0. The number of benzene rings is 2. The molecule has 0 spiro atoms. The van der Waals surface area contributed by atoms with Crippen LogP contribution in [0, 0.1) is 0 Å². The van der Waals surface area contributed by atoms with Gasteiger partial charge < -0.3 is 0 Å². The lowest BCUT2D eigenvalue weighted by atomic mass is 10.3. The lowest BCUT2D eigenvalue weighted by molar-refractivity contribution is 0.212. The molecule has 0 aliphatic rings. The van der Waals surface area contributed by atoms with E-state index in [0.717, 1.165) is 30.4 Å². The van der Waals surface area contributed by atoms with Gasteiger partial charge in [0.1, 0.15) is 10.0 Å². The summed E-state index contributed by atoms with van der Waals surface area (Å²) in [7, 11) is -2.20. The van der Waals surface area contributed by atoms with Crippen molar-refractivity contribution in [3.63, 3.8) is 0 Å². The highest BCUT2D eigenvalue weighted by Crippen LogP contribution is 2.31. The third-order valence-electron chi connectivity index (χ3n) is 3.26. The van der Waals surface area contributed by atoms with E-state index >= 15 is 0 Å². The molecule has 2 aromatic carbocycles. The normalized spacial score (nSPS) is 11.3. The minimum absolute atomic E-state index is 0.175. The van der Waals surface area contributed by atoms with Gasteiger partial charge in [0.15, 0.2) is 13.2 Å². The summed E-state index contributed by atoms with van der Waals surface area (Å²) in [6, 6.07) is 15.7. The summed E-state index contributed by atoms with van der Waals surface area (Å²) < 4.78 is 24.6. The highest BCUT2D eigenvalue weighted by molar-refractivity contribution is 7.33. The predicted octanol–water partition coefficient (Wildman–Crippen LogP) is 5.30. The fourth-order valence-electron chi connectivity index (χ4n) is 2.22. The van der Waals surface area contributed by atoms with Crippen LogP contribution in [0.25, 0.3) is 20.4 Å². The van der Waals surface area contributed by atoms with Gasteiger partial charge in [0, 0.05) is 4.57 Å². The summed E-state index contributed by atoms with van der Waals surface area (Å²) in [6.07, 6.45) is 0. The van der Waals surface area contributed by atoms with E-state index in [4.69, 9.17) is 9.05 Å². The number of hydrogen-bond donors (Lipinski definition) is 0. The first-order valence-corrected chi connectivity index (χ1v) is 9.93. The zero-order valence-corrected chi connectivity index (χ0v) is 14.9. The van der Waals surface area contributed by atoms with E-state index in [-0.39, 0.29) is 13.2 Å². The predicted molar refractivity (Wildman–Crippen MR) is 96.4 cm³/mol. The van der Waals surface area contributed by atoms with Crippen molar-refractivity contribution in [2.45, 2.75) is 13.2 Å². The highest BCUT2D eigenvalue weighted by Gasteiger charge is 2.22. The van der Waals surface area contributed by atoms with Crippen LogP contribution < -0.4 is 0 Å². The molecular formula is C16H12N2O3PS2+. The minimum atomic E-state index is -2.20. The molecule has 4 aromatic rings. The Morgan fingerprint density at radius 3 is 1.71 bits per heavy atom. The van der Waals surface area contributed by atoms with Crippen molar-refractivity contribution in [1.82, 2.24) is 9.97 Å². The van der Waals surface area contributed by atoms with Crippen LogP contribution in [-0.4, -0.2) is 9.97 Å². The SMILES string of the molecule is O=[P+](OCc1nc2ccccc2s1)OCc1nc2ccccc2s1. The molecular weight excluding hydrogens is 363 g/mol. The van der Waals surface area contributed by atoms with Gasteiger partial charge in [-0.15, -0.1) is 31.7 Å². The fourth-order valence-corrected chi connectivity index (χ4v) is 4.68. The summed E-state index contributed by atoms with van der Waals surface area (Å²) in [5.41, 5.74) is 1.85. The average molecular weight is 375 g/mol. The van der Waals surface area contributed by atoms with E-state index in [9.17, 15) is 4.57 Å². The molecule has 120 valence electrons. The van der Waals surface area contributed by atoms with E-state index in [1.165, 1.54) is 22.7 Å². The van der Waals surface area contributed by atoms with Crippen LogP contribution in [0.4, 0.5) is 0 Å². The first kappa shape index (κ1) is 15.7. The molecule has 0 aliphatic carbocycles. The second-order valence-corrected chi connectivity index (χ2v) is 8.12. The number of hydrogen-bond acceptors (Lipinski definition) is 7. The molecule has 4 rings (SSSR count). The molecule has 0 atom stereocenters. The molecule has 24 heavy (non-hydrogen) atoms. The Hall–Kier alpha value is -1.76. The van der Waals surface area contributed by atoms with Gasteiger partial charge in [-0.3, -0.25) is 0 Å². The molecule has 0 saturated heterocycles. The molecule has 0 saturated carbocycles. The standard InChI is InChI=1S/C16H12N2O3PS2/c19-22(20-9-15-17-11-5-1-3-7-13(11)23-15)21-10-16-18-12-6-2-4-8-14(12)24-16/h1-8H,9-10H2/q+1. The Morgan fingerprint density at radius 1 is 0.792 bits per heavy atom. The molecule has 0 aliphatic heterocycles. The van der Waals surface area contributed by atoms with Gasteiger partial charge >= 0.3 is 8.25 Å². The molecule has 0 unspecified atom stereocenters. The van der Waals surface area contributed by atoms with Gasteiger partial charge in [0.25, 0.3) is 0 Å². The van der Waals surface area contributed by atoms with Gasteiger partial charge in [-0.1, -0.05) is 24.3 Å². The third kappa shape index (κ3) is 3.50. The van der Waals surface area contributed by atoms with Crippen LogP contribution in [0.2, 0.25) is 0 Å². The first-order chi connectivity index (χ1) is 11.8. The van der Waals surface area contributed by atoms with E-state index in [0.29, 0.717) is 0 Å². The van der Waals surface area contributed by atoms with Gasteiger partial charge in [-0.2, -0.15) is 0 Å². The summed E-state index contributed by atoms with van der Waals surface area (Å²) in [6.45, 7) is 0.350. The number of aromatic nitrogens is 2. The zero-order chi connectivity index (χ0) is 16.4. The number of fused-ring (bicyclic) bond motifs is 2. The Labute approximate surface area is 146 Å². The van der Waals surface area contributed by atoms with E-state index in [1.807, 2.05) is 48.5 Å². The van der Waals surface area contributed by atoms with Crippen LogP contribution >= 0.6 is 30.9 Å². The second-order valence-electron chi connectivity index (χ2n) is 4.92. The highest BCUT2D eigenvalue weighted by atomic mass is 32.1. The van der Waals surface area contributed by atoms with E-state index in [2.05, 4.69) is 9.97 Å². The maximum atomic E-state index is 11.9. The molecule has 2 aromatic heterocycles. The average Bonchev–Trinajstić information content (AvgIpc) is 3.21. The van der Waals surface area contributed by atoms with E-state index < -0.39 is 8.25 Å². The van der Waals surface area contributed by atoms with Crippen LogP contribution in [0.1, 0.15) is 10.0 Å². The maximum Gasteiger partial charge on any atom is 0.698 e. The minimum Gasteiger partial charge on any atom is -0.238 e. The molecule has 2 heterocycles. The summed E-state index contributed by atoms with van der Waals surface area (Å²) >= 11 is 3.05. The Morgan fingerprint density at radius 2 is 1.25 bits per heavy atom. The summed E-state index contributed by atoms with van der Waals surface area (Å²) in [5, 5.41) is 1.56.